The van der Waals surface area contributed by atoms with E-state index in [0.29, 0.717) is 19.4 Å². The first kappa shape index (κ1) is 12.8. The number of rotatable bonds is 4. The third-order valence-electron chi connectivity index (χ3n) is 3.34. The highest BCUT2D eigenvalue weighted by Crippen LogP contribution is 2.27. The lowest BCUT2D eigenvalue weighted by atomic mass is 10.0. The fourth-order valence-electron chi connectivity index (χ4n) is 2.31. The van der Waals surface area contributed by atoms with Crippen LogP contribution < -0.4 is 0 Å². The van der Waals surface area contributed by atoms with Gasteiger partial charge in [0.1, 0.15) is 5.78 Å². The maximum absolute atomic E-state index is 11.6. The van der Waals surface area contributed by atoms with Crippen molar-refractivity contribution in [3.63, 3.8) is 0 Å². The van der Waals surface area contributed by atoms with Crippen molar-refractivity contribution in [2.45, 2.75) is 32.0 Å². The van der Waals surface area contributed by atoms with E-state index in [2.05, 4.69) is 6.92 Å². The average molecular weight is 247 g/mol. The van der Waals surface area contributed by atoms with Crippen LogP contribution in [0.25, 0.3) is 0 Å². The summed E-state index contributed by atoms with van der Waals surface area (Å²) in [7, 11) is 0. The predicted molar refractivity (Wildman–Crippen MR) is 66.7 cm³/mol. The molecule has 0 radical (unpaired) electrons. The quantitative estimate of drug-likeness (QED) is 0.762. The van der Waals surface area contributed by atoms with Crippen LogP contribution in [0.2, 0.25) is 0 Å². The molecule has 4 heteroatoms. The van der Waals surface area contributed by atoms with Crippen LogP contribution in [-0.2, 0) is 14.3 Å². The van der Waals surface area contributed by atoms with Gasteiger partial charge in [0.25, 0.3) is 6.47 Å². The van der Waals surface area contributed by atoms with Crippen molar-refractivity contribution in [2.24, 2.45) is 0 Å². The Labute approximate surface area is 107 Å². The van der Waals surface area contributed by atoms with Crippen LogP contribution in [0.3, 0.4) is 0 Å². The third kappa shape index (κ3) is 2.76. The second-order valence-electron chi connectivity index (χ2n) is 4.59. The van der Waals surface area contributed by atoms with Crippen LogP contribution in [0.15, 0.2) is 30.3 Å². The molecule has 1 heterocycles. The number of Topliss-reactive ketones (excluding diaryl/α,β-unsaturated/α-hetero) is 1. The van der Waals surface area contributed by atoms with E-state index in [0.717, 1.165) is 12.0 Å². The Kier molecular flexibility index (Phi) is 4.10. The number of hydrogen-bond acceptors (Lipinski definition) is 4. The number of nitrogens with zero attached hydrogens (tertiary/aromatic N) is 1. The van der Waals surface area contributed by atoms with Crippen molar-refractivity contribution in [3.8, 4) is 0 Å². The summed E-state index contributed by atoms with van der Waals surface area (Å²) in [4.78, 5) is 24.2. The van der Waals surface area contributed by atoms with Crippen molar-refractivity contribution in [1.82, 2.24) is 4.90 Å². The highest BCUT2D eigenvalue weighted by Gasteiger charge is 2.31. The van der Waals surface area contributed by atoms with E-state index >= 15 is 0 Å². The molecule has 0 aliphatic carbocycles. The first-order chi connectivity index (χ1) is 8.72. The summed E-state index contributed by atoms with van der Waals surface area (Å²) in [6.45, 7) is 2.84. The standard InChI is InChI=1S/C14H17NO3/c1-11-7-8-13(17)9-15(11)14(18-10-16)12-5-3-2-4-6-12/h2-6,10-11,14H,7-9H2,1H3. The van der Waals surface area contributed by atoms with Crippen molar-refractivity contribution in [1.29, 1.82) is 0 Å². The van der Waals surface area contributed by atoms with E-state index in [-0.39, 0.29) is 11.8 Å². The summed E-state index contributed by atoms with van der Waals surface area (Å²) in [6, 6.07) is 9.74. The van der Waals surface area contributed by atoms with Gasteiger partial charge in [0, 0.05) is 18.0 Å². The average Bonchev–Trinajstić information content (AvgIpc) is 2.40. The Bertz CT molecular complexity index is 418. The van der Waals surface area contributed by atoms with Gasteiger partial charge in [0.2, 0.25) is 0 Å². The summed E-state index contributed by atoms with van der Waals surface area (Å²) in [5.41, 5.74) is 0.895. The van der Waals surface area contributed by atoms with Gasteiger partial charge in [-0.05, 0) is 13.3 Å². The smallest absolute Gasteiger partial charge is 0.294 e. The second-order valence-corrected chi connectivity index (χ2v) is 4.59. The molecule has 1 aliphatic heterocycles. The molecule has 0 amide bonds. The zero-order valence-corrected chi connectivity index (χ0v) is 10.4. The molecule has 2 atom stereocenters. The normalized spacial score (nSPS) is 22.5. The largest absolute Gasteiger partial charge is 0.444 e. The molecule has 0 saturated carbocycles. The van der Waals surface area contributed by atoms with Crippen LogP contribution in [0.1, 0.15) is 31.6 Å². The molecule has 1 aromatic rings. The number of carbonyl (C=O) groups is 2. The lowest BCUT2D eigenvalue weighted by molar-refractivity contribution is -0.152. The number of likely N-dealkylation sites (tertiary alicyclic amines) is 1. The maximum Gasteiger partial charge on any atom is 0.294 e. The summed E-state index contributed by atoms with van der Waals surface area (Å²) in [6.07, 6.45) is 0.952. The minimum atomic E-state index is -0.469. The molecule has 0 spiro atoms. The summed E-state index contributed by atoms with van der Waals surface area (Å²) >= 11 is 0. The van der Waals surface area contributed by atoms with Crippen LogP contribution in [0.5, 0.6) is 0 Å². The van der Waals surface area contributed by atoms with Crippen molar-refractivity contribution >= 4 is 12.3 Å². The van der Waals surface area contributed by atoms with Crippen molar-refractivity contribution in [3.05, 3.63) is 35.9 Å². The Morgan fingerprint density at radius 3 is 2.78 bits per heavy atom. The van der Waals surface area contributed by atoms with Crippen LogP contribution in [-0.4, -0.2) is 29.7 Å². The number of ketones is 1. The molecule has 1 aliphatic rings. The fraction of sp³-hybridized carbons (Fsp3) is 0.429. The summed E-state index contributed by atoms with van der Waals surface area (Å²) in [5.74, 6) is 0.198. The summed E-state index contributed by atoms with van der Waals surface area (Å²) in [5, 5.41) is 0. The van der Waals surface area contributed by atoms with Gasteiger partial charge in [-0.3, -0.25) is 14.5 Å². The van der Waals surface area contributed by atoms with Gasteiger partial charge in [-0.1, -0.05) is 30.3 Å². The molecule has 0 aromatic heterocycles. The van der Waals surface area contributed by atoms with Crippen molar-refractivity contribution in [2.75, 3.05) is 6.54 Å². The molecular formula is C14H17NO3. The van der Waals surface area contributed by atoms with Crippen LogP contribution in [0, 0.1) is 0 Å². The van der Waals surface area contributed by atoms with Crippen LogP contribution >= 0.6 is 0 Å². The number of hydrogen-bond donors (Lipinski definition) is 0. The van der Waals surface area contributed by atoms with E-state index in [1.165, 1.54) is 0 Å². The number of piperidine rings is 1. The summed E-state index contributed by atoms with van der Waals surface area (Å²) < 4.78 is 5.18. The Morgan fingerprint density at radius 1 is 1.39 bits per heavy atom. The monoisotopic (exact) mass is 247 g/mol. The lowest BCUT2D eigenvalue weighted by Crippen LogP contribution is -2.45. The topological polar surface area (TPSA) is 46.6 Å². The first-order valence-electron chi connectivity index (χ1n) is 6.14. The Balaban J connectivity index is 2.23. The molecule has 96 valence electrons. The fourth-order valence-corrected chi connectivity index (χ4v) is 2.31. The number of carbonyl (C=O) groups excluding carboxylic acids is 2. The predicted octanol–water partition coefficient (Wildman–Crippen LogP) is 1.91. The molecular weight excluding hydrogens is 230 g/mol. The van der Waals surface area contributed by atoms with Gasteiger partial charge in [-0.15, -0.1) is 0 Å². The molecule has 18 heavy (non-hydrogen) atoms. The van der Waals surface area contributed by atoms with Gasteiger partial charge >= 0.3 is 0 Å². The second kappa shape index (κ2) is 5.78. The van der Waals surface area contributed by atoms with Gasteiger partial charge in [0.05, 0.1) is 6.54 Å². The van der Waals surface area contributed by atoms with E-state index in [1.807, 2.05) is 35.2 Å². The zero-order chi connectivity index (χ0) is 13.0. The molecule has 1 aromatic carbocycles. The maximum atomic E-state index is 11.6. The van der Waals surface area contributed by atoms with Gasteiger partial charge in [0.15, 0.2) is 6.23 Å². The minimum Gasteiger partial charge on any atom is -0.444 e. The molecule has 0 bridgehead atoms. The van der Waals surface area contributed by atoms with Gasteiger partial charge < -0.3 is 4.74 Å². The molecule has 0 N–H and O–H groups in total. The highest BCUT2D eigenvalue weighted by atomic mass is 16.5. The van der Waals surface area contributed by atoms with Gasteiger partial charge in [-0.2, -0.15) is 0 Å². The molecule has 2 rings (SSSR count). The van der Waals surface area contributed by atoms with Crippen molar-refractivity contribution < 1.29 is 14.3 Å². The SMILES string of the molecule is CC1CCC(=O)CN1C(OC=O)c1ccccc1. The number of ether oxygens (including phenoxy) is 1. The third-order valence-corrected chi connectivity index (χ3v) is 3.34. The van der Waals surface area contributed by atoms with E-state index in [1.54, 1.807) is 0 Å². The van der Waals surface area contributed by atoms with Gasteiger partial charge in [-0.25, -0.2) is 0 Å². The zero-order valence-electron chi connectivity index (χ0n) is 10.4. The van der Waals surface area contributed by atoms with Crippen LogP contribution in [0.4, 0.5) is 0 Å². The number of benzene rings is 1. The lowest BCUT2D eigenvalue weighted by Gasteiger charge is -2.37. The minimum absolute atomic E-state index is 0.198. The van der Waals surface area contributed by atoms with E-state index in [4.69, 9.17) is 4.74 Å². The Hall–Kier alpha value is -1.68. The molecule has 1 fully saturated rings. The van der Waals surface area contributed by atoms with E-state index < -0.39 is 6.23 Å². The molecule has 2 unspecified atom stereocenters. The Morgan fingerprint density at radius 2 is 2.11 bits per heavy atom. The van der Waals surface area contributed by atoms with E-state index in [9.17, 15) is 9.59 Å². The molecule has 1 saturated heterocycles. The first-order valence-corrected chi connectivity index (χ1v) is 6.14. The molecule has 4 nitrogen and oxygen atoms in total. The highest BCUT2D eigenvalue weighted by molar-refractivity contribution is 5.81.